The van der Waals surface area contributed by atoms with E-state index < -0.39 is 5.41 Å². The molecule has 2 atom stereocenters. The van der Waals surface area contributed by atoms with E-state index in [-0.39, 0.29) is 5.97 Å². The fourth-order valence-electron chi connectivity index (χ4n) is 4.05. The molecule has 0 amide bonds. The minimum Gasteiger partial charge on any atom is -0.465 e. The van der Waals surface area contributed by atoms with Gasteiger partial charge in [-0.15, -0.1) is 0 Å². The van der Waals surface area contributed by atoms with E-state index in [4.69, 9.17) is 9.47 Å². The standard InChI is InChI=1S/C21H40O3/c1-5-9-13-18(6-2)16-24-20(22)21(7-3,17-23-8-4)19-14-11-10-12-15-19/h18-19H,5-17H2,1-4H3. The molecule has 3 heteroatoms. The van der Waals surface area contributed by atoms with Crippen molar-refractivity contribution >= 4 is 5.97 Å². The van der Waals surface area contributed by atoms with E-state index in [1.807, 2.05) is 6.92 Å². The fraction of sp³-hybridized carbons (Fsp3) is 0.952. The Labute approximate surface area is 149 Å². The number of unbranched alkanes of at least 4 members (excludes halogenated alkanes) is 1. The van der Waals surface area contributed by atoms with E-state index in [0.717, 1.165) is 32.1 Å². The Hall–Kier alpha value is -0.570. The third-order valence-corrected chi connectivity index (χ3v) is 5.98. The van der Waals surface area contributed by atoms with Crippen LogP contribution in [-0.2, 0) is 14.3 Å². The second kappa shape index (κ2) is 11.9. The van der Waals surface area contributed by atoms with Crippen LogP contribution in [0.3, 0.4) is 0 Å². The van der Waals surface area contributed by atoms with E-state index >= 15 is 0 Å². The summed E-state index contributed by atoms with van der Waals surface area (Å²) in [6.45, 7) is 10.3. The lowest BCUT2D eigenvalue weighted by molar-refractivity contribution is -0.168. The van der Waals surface area contributed by atoms with Crippen LogP contribution in [0.2, 0.25) is 0 Å². The maximum absolute atomic E-state index is 13.1. The van der Waals surface area contributed by atoms with Crippen LogP contribution in [0.4, 0.5) is 0 Å². The molecule has 0 aromatic heterocycles. The molecule has 0 radical (unpaired) electrons. The molecule has 1 aliphatic rings. The molecule has 0 aromatic carbocycles. The van der Waals surface area contributed by atoms with Crippen molar-refractivity contribution in [2.45, 2.75) is 91.9 Å². The van der Waals surface area contributed by atoms with Crippen LogP contribution in [0.15, 0.2) is 0 Å². The topological polar surface area (TPSA) is 35.5 Å². The summed E-state index contributed by atoms with van der Waals surface area (Å²) < 4.78 is 11.6. The smallest absolute Gasteiger partial charge is 0.314 e. The van der Waals surface area contributed by atoms with Gasteiger partial charge in [0.15, 0.2) is 0 Å². The van der Waals surface area contributed by atoms with Gasteiger partial charge in [-0.1, -0.05) is 59.3 Å². The summed E-state index contributed by atoms with van der Waals surface area (Å²) in [5.74, 6) is 0.924. The number of carbonyl (C=O) groups is 1. The molecule has 2 unspecified atom stereocenters. The third kappa shape index (κ3) is 6.06. The second-order valence-corrected chi connectivity index (χ2v) is 7.50. The highest BCUT2D eigenvalue weighted by Crippen LogP contribution is 2.42. The Morgan fingerprint density at radius 3 is 2.38 bits per heavy atom. The molecule has 0 bridgehead atoms. The van der Waals surface area contributed by atoms with Gasteiger partial charge in [0.05, 0.1) is 18.6 Å². The molecule has 1 aliphatic carbocycles. The van der Waals surface area contributed by atoms with Crippen LogP contribution in [0.25, 0.3) is 0 Å². The normalized spacial score (nSPS) is 19.7. The van der Waals surface area contributed by atoms with Crippen LogP contribution in [-0.4, -0.2) is 25.8 Å². The first kappa shape index (κ1) is 21.5. The molecule has 1 fully saturated rings. The quantitative estimate of drug-likeness (QED) is 0.424. The van der Waals surface area contributed by atoms with Crippen LogP contribution in [0.5, 0.6) is 0 Å². The Morgan fingerprint density at radius 1 is 1.12 bits per heavy atom. The van der Waals surface area contributed by atoms with Gasteiger partial charge in [0, 0.05) is 6.61 Å². The molecule has 1 saturated carbocycles. The van der Waals surface area contributed by atoms with Gasteiger partial charge in [-0.05, 0) is 44.4 Å². The first-order valence-electron chi connectivity index (χ1n) is 10.4. The van der Waals surface area contributed by atoms with Crippen molar-refractivity contribution in [3.8, 4) is 0 Å². The summed E-state index contributed by atoms with van der Waals surface area (Å²) in [6, 6.07) is 0. The van der Waals surface area contributed by atoms with Crippen molar-refractivity contribution in [1.82, 2.24) is 0 Å². The van der Waals surface area contributed by atoms with E-state index in [2.05, 4.69) is 20.8 Å². The minimum absolute atomic E-state index is 0.000276. The summed E-state index contributed by atoms with van der Waals surface area (Å²) in [5.41, 5.74) is -0.431. The van der Waals surface area contributed by atoms with Crippen LogP contribution in [0, 0.1) is 17.3 Å². The van der Waals surface area contributed by atoms with Gasteiger partial charge in [-0.2, -0.15) is 0 Å². The lowest BCUT2D eigenvalue weighted by atomic mass is 9.67. The van der Waals surface area contributed by atoms with Gasteiger partial charge in [-0.3, -0.25) is 4.79 Å². The lowest BCUT2D eigenvalue weighted by Gasteiger charge is -2.40. The summed E-state index contributed by atoms with van der Waals surface area (Å²) in [4.78, 5) is 13.1. The second-order valence-electron chi connectivity index (χ2n) is 7.50. The molecule has 24 heavy (non-hydrogen) atoms. The van der Waals surface area contributed by atoms with Crippen LogP contribution >= 0.6 is 0 Å². The predicted molar refractivity (Wildman–Crippen MR) is 100 cm³/mol. The minimum atomic E-state index is -0.431. The summed E-state index contributed by atoms with van der Waals surface area (Å²) >= 11 is 0. The number of hydrogen-bond acceptors (Lipinski definition) is 3. The van der Waals surface area contributed by atoms with Crippen molar-refractivity contribution in [3.05, 3.63) is 0 Å². The monoisotopic (exact) mass is 340 g/mol. The molecule has 0 spiro atoms. The van der Waals surface area contributed by atoms with Crippen molar-refractivity contribution in [2.24, 2.45) is 17.3 Å². The van der Waals surface area contributed by atoms with Crippen LogP contribution < -0.4 is 0 Å². The van der Waals surface area contributed by atoms with Crippen molar-refractivity contribution in [1.29, 1.82) is 0 Å². The molecule has 142 valence electrons. The molecule has 1 rings (SSSR count). The lowest BCUT2D eigenvalue weighted by Crippen LogP contribution is -2.45. The number of carbonyl (C=O) groups excluding carboxylic acids is 1. The summed E-state index contributed by atoms with van der Waals surface area (Å²) in [7, 11) is 0. The largest absolute Gasteiger partial charge is 0.465 e. The van der Waals surface area contributed by atoms with E-state index in [1.165, 1.54) is 32.1 Å². The zero-order valence-corrected chi connectivity index (χ0v) is 16.6. The van der Waals surface area contributed by atoms with E-state index in [9.17, 15) is 4.79 Å². The van der Waals surface area contributed by atoms with Crippen LogP contribution in [0.1, 0.15) is 91.9 Å². The predicted octanol–water partition coefficient (Wildman–Crippen LogP) is 5.76. The van der Waals surface area contributed by atoms with Gasteiger partial charge in [0.1, 0.15) is 0 Å². The van der Waals surface area contributed by atoms with E-state index in [1.54, 1.807) is 0 Å². The zero-order valence-electron chi connectivity index (χ0n) is 16.6. The summed E-state index contributed by atoms with van der Waals surface area (Å²) in [5, 5.41) is 0. The summed E-state index contributed by atoms with van der Waals surface area (Å²) in [6.07, 6.45) is 11.5. The maximum atomic E-state index is 13.1. The number of rotatable bonds is 12. The highest BCUT2D eigenvalue weighted by molar-refractivity contribution is 5.77. The SMILES string of the molecule is CCCCC(CC)COC(=O)C(CC)(COCC)C1CCCCC1. The van der Waals surface area contributed by atoms with Crippen molar-refractivity contribution in [3.63, 3.8) is 0 Å². The fourth-order valence-corrected chi connectivity index (χ4v) is 4.05. The zero-order chi connectivity index (χ0) is 17.8. The average Bonchev–Trinajstić information content (AvgIpc) is 2.63. The Morgan fingerprint density at radius 2 is 1.83 bits per heavy atom. The number of ether oxygens (including phenoxy) is 2. The molecule has 3 nitrogen and oxygen atoms in total. The Balaban J connectivity index is 2.74. The average molecular weight is 341 g/mol. The third-order valence-electron chi connectivity index (χ3n) is 5.98. The number of hydrogen-bond donors (Lipinski definition) is 0. The van der Waals surface area contributed by atoms with Gasteiger partial charge >= 0.3 is 5.97 Å². The Kier molecular flexibility index (Phi) is 10.6. The molecule has 0 aliphatic heterocycles. The van der Waals surface area contributed by atoms with Gasteiger partial charge in [-0.25, -0.2) is 0 Å². The molecule has 0 N–H and O–H groups in total. The Bertz CT molecular complexity index is 336. The van der Waals surface area contributed by atoms with Gasteiger partial charge < -0.3 is 9.47 Å². The van der Waals surface area contributed by atoms with Crippen molar-refractivity contribution in [2.75, 3.05) is 19.8 Å². The van der Waals surface area contributed by atoms with Crippen molar-refractivity contribution < 1.29 is 14.3 Å². The number of esters is 1. The maximum Gasteiger partial charge on any atom is 0.314 e. The van der Waals surface area contributed by atoms with E-state index in [0.29, 0.717) is 31.7 Å². The highest BCUT2D eigenvalue weighted by Gasteiger charge is 2.46. The molecule has 0 heterocycles. The van der Waals surface area contributed by atoms with Gasteiger partial charge in [0.25, 0.3) is 0 Å². The first-order chi connectivity index (χ1) is 11.6. The molecule has 0 aromatic rings. The molecule has 0 saturated heterocycles. The van der Waals surface area contributed by atoms with Gasteiger partial charge in [0.2, 0.25) is 0 Å². The highest BCUT2D eigenvalue weighted by atomic mass is 16.5. The molecular formula is C21H40O3. The molecular weight excluding hydrogens is 300 g/mol. The first-order valence-corrected chi connectivity index (χ1v) is 10.4.